The summed E-state index contributed by atoms with van der Waals surface area (Å²) in [5.41, 5.74) is 8.23. The summed E-state index contributed by atoms with van der Waals surface area (Å²) < 4.78 is 16.4. The lowest BCUT2D eigenvalue weighted by atomic mass is 10.1. The van der Waals surface area contributed by atoms with Crippen LogP contribution in [-0.4, -0.2) is 57.4 Å². The summed E-state index contributed by atoms with van der Waals surface area (Å²) in [7, 11) is 0. The van der Waals surface area contributed by atoms with Gasteiger partial charge in [0.15, 0.2) is 11.6 Å². The quantitative estimate of drug-likeness (QED) is 0.388. The van der Waals surface area contributed by atoms with Crippen molar-refractivity contribution in [2.75, 3.05) is 36.4 Å². The molecule has 2 aromatic heterocycles. The van der Waals surface area contributed by atoms with E-state index >= 15 is 0 Å². The molecule has 2 amide bonds. The number of aromatic nitrogens is 3. The van der Waals surface area contributed by atoms with E-state index in [9.17, 15) is 14.0 Å². The number of hydrogen-bond donors (Lipinski definition) is 2. The topological polar surface area (TPSA) is 109 Å². The number of fused-ring (bicyclic) bond motifs is 1. The highest BCUT2D eigenvalue weighted by Gasteiger charge is 2.29. The highest BCUT2D eigenvalue weighted by atomic mass is 19.1. The molecule has 200 valence electrons. The van der Waals surface area contributed by atoms with E-state index in [1.165, 1.54) is 10.8 Å². The first-order valence-electron chi connectivity index (χ1n) is 13.3. The summed E-state index contributed by atoms with van der Waals surface area (Å²) >= 11 is 0. The molecule has 0 spiro atoms. The van der Waals surface area contributed by atoms with Crippen LogP contribution in [0.1, 0.15) is 36.0 Å². The normalized spacial score (nSPS) is 16.1. The number of para-hydroxylation sites is 1. The molecular formula is C29H30FN7O2. The highest BCUT2D eigenvalue weighted by Crippen LogP contribution is 2.29. The second-order valence-corrected chi connectivity index (χ2v) is 10.1. The van der Waals surface area contributed by atoms with Gasteiger partial charge in [0.1, 0.15) is 0 Å². The first-order chi connectivity index (χ1) is 19.0. The number of amides is 2. The fraction of sp³-hybridized carbons (Fsp3) is 0.310. The van der Waals surface area contributed by atoms with Crippen LogP contribution in [0.25, 0.3) is 16.7 Å². The molecule has 3 heterocycles. The molecule has 2 aliphatic rings. The molecule has 3 N–H and O–H groups in total. The summed E-state index contributed by atoms with van der Waals surface area (Å²) in [5, 5.41) is 3.80. The summed E-state index contributed by atoms with van der Waals surface area (Å²) in [6, 6.07) is 15.0. The van der Waals surface area contributed by atoms with Gasteiger partial charge in [-0.25, -0.2) is 9.37 Å². The zero-order valence-electron chi connectivity index (χ0n) is 21.5. The number of primary amides is 1. The summed E-state index contributed by atoms with van der Waals surface area (Å²) in [6.45, 7) is 2.97. The van der Waals surface area contributed by atoms with E-state index in [0.717, 1.165) is 69.4 Å². The summed E-state index contributed by atoms with van der Waals surface area (Å²) in [4.78, 5) is 37.6. The third kappa shape index (κ3) is 4.89. The van der Waals surface area contributed by atoms with Gasteiger partial charge in [0, 0.05) is 55.1 Å². The second-order valence-electron chi connectivity index (χ2n) is 10.1. The molecule has 0 radical (unpaired) electrons. The Morgan fingerprint density at radius 2 is 1.77 bits per heavy atom. The molecule has 2 fully saturated rings. The Morgan fingerprint density at radius 3 is 2.54 bits per heavy atom. The average molecular weight is 528 g/mol. The van der Waals surface area contributed by atoms with E-state index < -0.39 is 11.7 Å². The highest BCUT2D eigenvalue weighted by molar-refractivity contribution is 6.06. The van der Waals surface area contributed by atoms with Gasteiger partial charge in [-0.15, -0.1) is 0 Å². The summed E-state index contributed by atoms with van der Waals surface area (Å²) in [6.07, 6.45) is 6.96. The molecule has 6 rings (SSSR count). The van der Waals surface area contributed by atoms with Crippen LogP contribution in [0.2, 0.25) is 0 Å². The molecule has 9 nitrogen and oxygen atoms in total. The standard InChI is InChI=1S/C29H30FN7O2/c30-24-17-32-29(34-27(24)37-18-23(26(31)38)22-10-3-4-11-25(22)37)33-20-8-5-9-21(16-20)35-12-14-36(15-13-35)28(39)19-6-1-2-7-19/h3-5,8-11,16-19H,1-2,6-7,12-15H2,(H2,31,38)(H,32,33,34). The molecule has 1 aliphatic heterocycles. The van der Waals surface area contributed by atoms with Gasteiger partial charge in [0.25, 0.3) is 5.91 Å². The van der Waals surface area contributed by atoms with E-state index in [1.54, 1.807) is 24.3 Å². The predicted octanol–water partition coefficient (Wildman–Crippen LogP) is 4.24. The lowest BCUT2D eigenvalue weighted by Gasteiger charge is -2.37. The molecule has 39 heavy (non-hydrogen) atoms. The Kier molecular flexibility index (Phi) is 6.60. The molecule has 0 atom stereocenters. The number of carbonyl (C=O) groups excluding carboxylic acids is 2. The van der Waals surface area contributed by atoms with E-state index in [0.29, 0.717) is 16.8 Å². The minimum Gasteiger partial charge on any atom is -0.368 e. The maximum Gasteiger partial charge on any atom is 0.250 e. The number of anilines is 3. The van der Waals surface area contributed by atoms with Crippen LogP contribution in [0.4, 0.5) is 21.7 Å². The summed E-state index contributed by atoms with van der Waals surface area (Å²) in [5.74, 6) is -0.486. The fourth-order valence-corrected chi connectivity index (χ4v) is 5.66. The fourth-order valence-electron chi connectivity index (χ4n) is 5.66. The number of benzene rings is 2. The van der Waals surface area contributed by atoms with Gasteiger partial charge in [0.2, 0.25) is 11.9 Å². The smallest absolute Gasteiger partial charge is 0.250 e. The number of halogens is 1. The molecule has 1 aliphatic carbocycles. The number of nitrogens with one attached hydrogen (secondary N) is 1. The Hall–Kier alpha value is -4.47. The van der Waals surface area contributed by atoms with Crippen molar-refractivity contribution in [3.63, 3.8) is 0 Å². The molecule has 0 unspecified atom stereocenters. The van der Waals surface area contributed by atoms with Gasteiger partial charge >= 0.3 is 0 Å². The van der Waals surface area contributed by atoms with Crippen molar-refractivity contribution in [3.8, 4) is 5.82 Å². The van der Waals surface area contributed by atoms with Crippen LogP contribution >= 0.6 is 0 Å². The van der Waals surface area contributed by atoms with Crippen molar-refractivity contribution in [1.82, 2.24) is 19.4 Å². The molecule has 2 aromatic carbocycles. The number of hydrogen-bond acceptors (Lipinski definition) is 6. The first-order valence-corrected chi connectivity index (χ1v) is 13.3. The Morgan fingerprint density at radius 1 is 1.00 bits per heavy atom. The zero-order valence-corrected chi connectivity index (χ0v) is 21.5. The van der Waals surface area contributed by atoms with Gasteiger partial charge in [-0.1, -0.05) is 37.1 Å². The average Bonchev–Trinajstić information content (AvgIpc) is 3.63. The maximum atomic E-state index is 14.9. The van der Waals surface area contributed by atoms with E-state index in [1.807, 2.05) is 29.2 Å². The molecule has 1 saturated carbocycles. The van der Waals surface area contributed by atoms with E-state index in [-0.39, 0.29) is 23.2 Å². The first kappa shape index (κ1) is 24.8. The van der Waals surface area contributed by atoms with Crippen molar-refractivity contribution in [1.29, 1.82) is 0 Å². The van der Waals surface area contributed by atoms with Crippen LogP contribution in [-0.2, 0) is 4.79 Å². The lowest BCUT2D eigenvalue weighted by Crippen LogP contribution is -2.50. The molecular weight excluding hydrogens is 497 g/mol. The minimum atomic E-state index is -0.629. The third-order valence-electron chi connectivity index (χ3n) is 7.69. The van der Waals surface area contributed by atoms with Crippen molar-refractivity contribution in [2.45, 2.75) is 25.7 Å². The minimum absolute atomic E-state index is 0.00964. The van der Waals surface area contributed by atoms with E-state index in [4.69, 9.17) is 5.73 Å². The van der Waals surface area contributed by atoms with E-state index in [2.05, 4.69) is 20.2 Å². The van der Waals surface area contributed by atoms with Crippen molar-refractivity contribution < 1.29 is 14.0 Å². The Balaban J connectivity index is 1.20. The monoisotopic (exact) mass is 527 g/mol. The Bertz CT molecular complexity index is 1540. The van der Waals surface area contributed by atoms with Crippen molar-refractivity contribution in [2.24, 2.45) is 11.7 Å². The molecule has 0 bridgehead atoms. The van der Waals surface area contributed by atoms with Gasteiger partial charge in [-0.05, 0) is 37.1 Å². The number of nitrogens with zero attached hydrogens (tertiary/aromatic N) is 5. The Labute approximate surface area is 225 Å². The second kappa shape index (κ2) is 10.4. The SMILES string of the molecule is NC(=O)c1cn(-c2nc(Nc3cccc(N4CCN(C(=O)C5CCCC5)CC4)c3)ncc2F)c2ccccc12. The van der Waals surface area contributed by atoms with Gasteiger partial charge in [0.05, 0.1) is 17.3 Å². The predicted molar refractivity (Wildman–Crippen MR) is 148 cm³/mol. The van der Waals surface area contributed by atoms with Gasteiger partial charge in [-0.3, -0.25) is 14.2 Å². The zero-order chi connectivity index (χ0) is 26.9. The molecule has 1 saturated heterocycles. The molecule has 4 aromatic rings. The van der Waals surface area contributed by atoms with Crippen LogP contribution in [0, 0.1) is 11.7 Å². The number of piperazine rings is 1. The number of nitrogens with two attached hydrogens (primary N) is 1. The van der Waals surface area contributed by atoms with Crippen LogP contribution in [0.15, 0.2) is 60.9 Å². The largest absolute Gasteiger partial charge is 0.368 e. The number of carbonyl (C=O) groups is 2. The van der Waals surface area contributed by atoms with Crippen molar-refractivity contribution >= 4 is 40.0 Å². The van der Waals surface area contributed by atoms with Gasteiger partial charge < -0.3 is 20.9 Å². The molecule has 10 heteroatoms. The number of rotatable bonds is 6. The van der Waals surface area contributed by atoms with Crippen molar-refractivity contribution in [3.05, 3.63) is 72.3 Å². The maximum absolute atomic E-state index is 14.9. The lowest BCUT2D eigenvalue weighted by molar-refractivity contribution is -0.135. The third-order valence-corrected chi connectivity index (χ3v) is 7.69. The van der Waals surface area contributed by atoms with Gasteiger partial charge in [-0.2, -0.15) is 4.98 Å². The van der Waals surface area contributed by atoms with Crippen LogP contribution in [0.3, 0.4) is 0 Å². The van der Waals surface area contributed by atoms with Crippen LogP contribution in [0.5, 0.6) is 0 Å². The van der Waals surface area contributed by atoms with Crippen LogP contribution < -0.4 is 16.0 Å².